The second kappa shape index (κ2) is 6.65. The summed E-state index contributed by atoms with van der Waals surface area (Å²) in [5.74, 6) is -0.125. The first-order valence-corrected chi connectivity index (χ1v) is 8.74. The van der Waals surface area contributed by atoms with E-state index in [1.807, 2.05) is 37.3 Å². The van der Waals surface area contributed by atoms with Gasteiger partial charge in [-0.05, 0) is 42.3 Å². The zero-order chi connectivity index (χ0) is 16.6. The van der Waals surface area contributed by atoms with Crippen LogP contribution in [-0.4, -0.2) is 10.2 Å². The molecule has 0 saturated carbocycles. The van der Waals surface area contributed by atoms with Crippen LogP contribution in [0, 0.1) is 6.92 Å². The lowest BCUT2D eigenvalue weighted by molar-refractivity contribution is -0.113. The first-order valence-electron chi connectivity index (χ1n) is 6.76. The van der Waals surface area contributed by atoms with Crippen LogP contribution in [0.5, 0.6) is 0 Å². The maximum Gasteiger partial charge on any atom is 0.270 e. The number of nitrogens with zero attached hydrogens (tertiary/aromatic N) is 1. The third-order valence-electron chi connectivity index (χ3n) is 3.39. The van der Waals surface area contributed by atoms with Crippen molar-refractivity contribution >= 4 is 69.2 Å². The number of halogens is 2. The molecule has 0 unspecified atom stereocenters. The van der Waals surface area contributed by atoms with Gasteiger partial charge in [0.2, 0.25) is 0 Å². The fourth-order valence-electron chi connectivity index (χ4n) is 2.24. The lowest BCUT2D eigenvalue weighted by Crippen LogP contribution is -2.28. The number of aryl methyl sites for hydroxylation is 1. The van der Waals surface area contributed by atoms with Gasteiger partial charge in [0.15, 0.2) is 4.32 Å². The molecule has 2 aromatic carbocycles. The summed E-state index contributed by atoms with van der Waals surface area (Å²) in [5.41, 5.74) is 2.62. The van der Waals surface area contributed by atoms with Gasteiger partial charge in [-0.1, -0.05) is 71.4 Å². The molecule has 3 rings (SSSR count). The molecule has 0 N–H and O–H groups in total. The first kappa shape index (κ1) is 16.5. The molecule has 116 valence electrons. The minimum atomic E-state index is -0.125. The summed E-state index contributed by atoms with van der Waals surface area (Å²) in [6.07, 6.45) is 1.78. The van der Waals surface area contributed by atoms with Crippen LogP contribution in [0.2, 0.25) is 10.0 Å². The molecule has 1 heterocycles. The average Bonchev–Trinajstić information content (AvgIpc) is 2.78. The van der Waals surface area contributed by atoms with Crippen LogP contribution in [0.25, 0.3) is 6.08 Å². The molecule has 1 amide bonds. The van der Waals surface area contributed by atoms with Crippen LogP contribution in [0.1, 0.15) is 11.1 Å². The Balaban J connectivity index is 1.96. The van der Waals surface area contributed by atoms with Crippen molar-refractivity contribution in [1.29, 1.82) is 0 Å². The maximum atomic E-state index is 12.7. The van der Waals surface area contributed by atoms with Gasteiger partial charge in [-0.15, -0.1) is 0 Å². The van der Waals surface area contributed by atoms with E-state index >= 15 is 0 Å². The quantitative estimate of drug-likeness (QED) is 0.492. The third-order valence-corrected chi connectivity index (χ3v) is 5.43. The van der Waals surface area contributed by atoms with Crippen LogP contribution < -0.4 is 4.90 Å². The lowest BCUT2D eigenvalue weighted by Gasteiger charge is -2.16. The molecule has 0 radical (unpaired) electrons. The number of benzene rings is 2. The number of carbonyl (C=O) groups excluding carboxylic acids is 1. The summed E-state index contributed by atoms with van der Waals surface area (Å²) in [6, 6.07) is 12.9. The highest BCUT2D eigenvalue weighted by Crippen LogP contribution is 2.37. The van der Waals surface area contributed by atoms with E-state index in [1.165, 1.54) is 11.8 Å². The molecule has 2 nitrogen and oxygen atoms in total. The van der Waals surface area contributed by atoms with Gasteiger partial charge in [0, 0.05) is 0 Å². The van der Waals surface area contributed by atoms with E-state index in [-0.39, 0.29) is 5.91 Å². The Morgan fingerprint density at radius 2 is 1.87 bits per heavy atom. The van der Waals surface area contributed by atoms with E-state index in [1.54, 1.807) is 23.1 Å². The topological polar surface area (TPSA) is 20.3 Å². The summed E-state index contributed by atoms with van der Waals surface area (Å²) >= 11 is 18.6. The van der Waals surface area contributed by atoms with Crippen LogP contribution in [0.3, 0.4) is 0 Å². The average molecular weight is 380 g/mol. The molecule has 0 aliphatic carbocycles. The molecule has 0 aromatic heterocycles. The van der Waals surface area contributed by atoms with Crippen LogP contribution in [-0.2, 0) is 4.79 Å². The standard InChI is InChI=1S/C17H11Cl2NOS2/c1-10-4-2-3-5-14(10)20-16(21)15(23-17(20)22)9-11-6-7-12(18)13(19)8-11/h2-9H,1H3. The highest BCUT2D eigenvalue weighted by atomic mass is 35.5. The number of para-hydroxylation sites is 1. The van der Waals surface area contributed by atoms with Gasteiger partial charge in [-0.25, -0.2) is 0 Å². The van der Waals surface area contributed by atoms with Crippen LogP contribution in [0.15, 0.2) is 47.4 Å². The van der Waals surface area contributed by atoms with Gasteiger partial charge in [-0.3, -0.25) is 9.69 Å². The van der Waals surface area contributed by atoms with Crippen molar-refractivity contribution in [2.45, 2.75) is 6.92 Å². The van der Waals surface area contributed by atoms with Crippen molar-refractivity contribution in [2.24, 2.45) is 0 Å². The Morgan fingerprint density at radius 3 is 2.57 bits per heavy atom. The highest BCUT2D eigenvalue weighted by molar-refractivity contribution is 8.27. The maximum absolute atomic E-state index is 12.7. The predicted molar refractivity (Wildman–Crippen MR) is 103 cm³/mol. The zero-order valence-electron chi connectivity index (χ0n) is 12.0. The third kappa shape index (κ3) is 3.31. The number of thioether (sulfide) groups is 1. The van der Waals surface area contributed by atoms with E-state index < -0.39 is 0 Å². The van der Waals surface area contributed by atoms with Gasteiger partial charge < -0.3 is 0 Å². The Kier molecular flexibility index (Phi) is 4.78. The van der Waals surface area contributed by atoms with Crippen LogP contribution >= 0.6 is 47.2 Å². The van der Waals surface area contributed by atoms with Crippen molar-refractivity contribution in [2.75, 3.05) is 4.90 Å². The second-order valence-corrected chi connectivity index (χ2v) is 7.47. The molecule has 0 bridgehead atoms. The largest absolute Gasteiger partial charge is 0.270 e. The molecule has 23 heavy (non-hydrogen) atoms. The van der Waals surface area contributed by atoms with Gasteiger partial charge in [0.1, 0.15) is 0 Å². The zero-order valence-corrected chi connectivity index (χ0v) is 15.2. The molecule has 0 spiro atoms. The predicted octanol–water partition coefficient (Wildman–Crippen LogP) is 5.71. The van der Waals surface area contributed by atoms with Gasteiger partial charge in [0.05, 0.1) is 20.6 Å². The highest BCUT2D eigenvalue weighted by Gasteiger charge is 2.33. The molecule has 1 saturated heterocycles. The Labute approximate surface area is 154 Å². The van der Waals surface area contributed by atoms with Crippen molar-refractivity contribution in [3.05, 3.63) is 68.5 Å². The van der Waals surface area contributed by atoms with E-state index in [2.05, 4.69) is 0 Å². The number of thiocarbonyl (C=S) groups is 1. The Morgan fingerprint density at radius 1 is 1.13 bits per heavy atom. The number of amides is 1. The Bertz CT molecular complexity index is 848. The minimum Gasteiger partial charge on any atom is -0.268 e. The molecule has 6 heteroatoms. The number of rotatable bonds is 2. The van der Waals surface area contributed by atoms with E-state index in [0.29, 0.717) is 19.3 Å². The normalized spacial score (nSPS) is 16.5. The van der Waals surface area contributed by atoms with Crippen molar-refractivity contribution in [3.8, 4) is 0 Å². The van der Waals surface area contributed by atoms with Gasteiger partial charge in [-0.2, -0.15) is 0 Å². The minimum absolute atomic E-state index is 0.125. The summed E-state index contributed by atoms with van der Waals surface area (Å²) in [4.78, 5) is 14.8. The van der Waals surface area contributed by atoms with Crippen molar-refractivity contribution < 1.29 is 4.79 Å². The number of hydrogen-bond donors (Lipinski definition) is 0. The molecular weight excluding hydrogens is 369 g/mol. The number of hydrogen-bond acceptors (Lipinski definition) is 3. The fourth-order valence-corrected chi connectivity index (χ4v) is 3.83. The molecule has 2 aromatic rings. The smallest absolute Gasteiger partial charge is 0.268 e. The SMILES string of the molecule is Cc1ccccc1N1C(=O)C(=Cc2ccc(Cl)c(Cl)c2)SC1=S. The van der Waals surface area contributed by atoms with E-state index in [9.17, 15) is 4.79 Å². The molecule has 0 atom stereocenters. The van der Waals surface area contributed by atoms with E-state index in [0.717, 1.165) is 16.8 Å². The van der Waals surface area contributed by atoms with Crippen molar-refractivity contribution in [1.82, 2.24) is 0 Å². The molecule has 1 fully saturated rings. The first-order chi connectivity index (χ1) is 11.0. The second-order valence-electron chi connectivity index (χ2n) is 4.98. The summed E-state index contributed by atoms with van der Waals surface area (Å²) in [5, 5.41) is 0.936. The summed E-state index contributed by atoms with van der Waals surface area (Å²) in [7, 11) is 0. The summed E-state index contributed by atoms with van der Waals surface area (Å²) < 4.78 is 0.524. The van der Waals surface area contributed by atoms with Gasteiger partial charge in [0.25, 0.3) is 5.91 Å². The molecule has 1 aliphatic heterocycles. The van der Waals surface area contributed by atoms with Crippen molar-refractivity contribution in [3.63, 3.8) is 0 Å². The number of anilines is 1. The van der Waals surface area contributed by atoms with E-state index in [4.69, 9.17) is 35.4 Å². The summed E-state index contributed by atoms with van der Waals surface area (Å²) in [6.45, 7) is 1.95. The number of carbonyl (C=O) groups is 1. The Hall–Kier alpha value is -1.33. The molecular formula is C17H11Cl2NOS2. The molecule has 1 aliphatic rings. The fraction of sp³-hybridized carbons (Fsp3) is 0.0588. The monoisotopic (exact) mass is 379 g/mol. The lowest BCUT2D eigenvalue weighted by atomic mass is 10.1. The van der Waals surface area contributed by atoms with Gasteiger partial charge >= 0.3 is 0 Å². The van der Waals surface area contributed by atoms with Crippen LogP contribution in [0.4, 0.5) is 5.69 Å².